The molecule has 0 bridgehead atoms. The van der Waals surface area contributed by atoms with E-state index in [-0.39, 0.29) is 16.8 Å². The van der Waals surface area contributed by atoms with Crippen LogP contribution in [0.3, 0.4) is 0 Å². The van der Waals surface area contributed by atoms with Gasteiger partial charge < -0.3 is 4.74 Å². The Morgan fingerprint density at radius 1 is 1.46 bits per heavy atom. The van der Waals surface area contributed by atoms with E-state index in [9.17, 15) is 4.79 Å². The number of hydrogen-bond donors (Lipinski definition) is 0. The maximum absolute atomic E-state index is 11.2. The predicted molar refractivity (Wildman–Crippen MR) is 53.3 cm³/mol. The zero-order chi connectivity index (χ0) is 10.1. The Morgan fingerprint density at radius 2 is 2.08 bits per heavy atom. The summed E-state index contributed by atoms with van der Waals surface area (Å²) in [5.41, 5.74) is -0.0426. The van der Waals surface area contributed by atoms with E-state index in [1.54, 1.807) is 0 Å². The molecule has 0 saturated carbocycles. The molecular weight excluding hydrogens is 211 g/mol. The average molecular weight is 225 g/mol. The maximum Gasteiger partial charge on any atom is 0.324 e. The molecule has 0 unspecified atom stereocenters. The average Bonchev–Trinajstić information content (AvgIpc) is 1.97. The number of carbonyl (C=O) groups is 1. The summed E-state index contributed by atoms with van der Waals surface area (Å²) in [6.45, 7) is 4.46. The van der Waals surface area contributed by atoms with Gasteiger partial charge in [0.25, 0.3) is 0 Å². The molecule has 0 aliphatic carbocycles. The monoisotopic (exact) mass is 224 g/mol. The lowest BCUT2D eigenvalue weighted by Gasteiger charge is -2.30. The summed E-state index contributed by atoms with van der Waals surface area (Å²) in [6.07, 6.45) is 1.32. The molecule has 76 valence electrons. The van der Waals surface area contributed by atoms with Gasteiger partial charge in [0.1, 0.15) is 5.38 Å². The molecule has 0 aromatic rings. The van der Waals surface area contributed by atoms with Crippen LogP contribution in [0.2, 0.25) is 0 Å². The Labute approximate surface area is 88.5 Å². The van der Waals surface area contributed by atoms with E-state index < -0.39 is 5.38 Å². The highest BCUT2D eigenvalue weighted by Gasteiger charge is 2.31. The van der Waals surface area contributed by atoms with Gasteiger partial charge >= 0.3 is 5.97 Å². The van der Waals surface area contributed by atoms with Crippen molar-refractivity contribution in [2.45, 2.75) is 37.4 Å². The number of hydrogen-bond acceptors (Lipinski definition) is 2. The third kappa shape index (κ3) is 3.35. The van der Waals surface area contributed by atoms with Crippen LogP contribution in [0.1, 0.15) is 26.7 Å². The van der Waals surface area contributed by atoms with Crippen LogP contribution in [0.15, 0.2) is 0 Å². The van der Waals surface area contributed by atoms with Gasteiger partial charge in [-0.05, 0) is 12.8 Å². The second-order valence-corrected chi connectivity index (χ2v) is 5.42. The molecule has 0 spiro atoms. The minimum atomic E-state index is -0.585. The van der Waals surface area contributed by atoms with Crippen LogP contribution in [-0.2, 0) is 9.53 Å². The van der Waals surface area contributed by atoms with Crippen LogP contribution in [0.25, 0.3) is 0 Å². The lowest BCUT2D eigenvalue weighted by atomic mass is 9.87. The van der Waals surface area contributed by atoms with E-state index >= 15 is 0 Å². The highest BCUT2D eigenvalue weighted by atomic mass is 35.5. The maximum atomic E-state index is 11.2. The fourth-order valence-corrected chi connectivity index (χ4v) is 2.38. The summed E-state index contributed by atoms with van der Waals surface area (Å²) < 4.78 is 5.03. The summed E-state index contributed by atoms with van der Waals surface area (Å²) in [5.74, 6) is -0.347. The van der Waals surface area contributed by atoms with Crippen molar-refractivity contribution in [3.05, 3.63) is 0 Å². The minimum Gasteiger partial charge on any atom is -0.464 e. The summed E-state index contributed by atoms with van der Waals surface area (Å²) in [6, 6.07) is 0. The van der Waals surface area contributed by atoms with E-state index in [0.29, 0.717) is 13.0 Å². The Kier molecular flexibility index (Phi) is 3.47. The highest BCUT2D eigenvalue weighted by molar-refractivity contribution is 6.30. The van der Waals surface area contributed by atoms with Gasteiger partial charge in [0.05, 0.1) is 6.61 Å². The molecule has 0 N–H and O–H groups in total. The fourth-order valence-electron chi connectivity index (χ4n) is 1.42. The number of carbonyl (C=O) groups excluding carboxylic acids is 1. The number of halogens is 2. The summed E-state index contributed by atoms with van der Waals surface area (Å²) in [7, 11) is 0. The van der Waals surface area contributed by atoms with E-state index in [1.807, 2.05) is 13.8 Å². The first-order chi connectivity index (χ1) is 5.91. The number of alkyl halides is 2. The molecule has 13 heavy (non-hydrogen) atoms. The SMILES string of the molecule is CC1(C)COC(=O)[C@H](Cl)C[C@H](Cl)C1. The van der Waals surface area contributed by atoms with Crippen molar-refractivity contribution >= 4 is 29.2 Å². The quantitative estimate of drug-likeness (QED) is 0.467. The zero-order valence-electron chi connectivity index (χ0n) is 7.85. The molecule has 0 amide bonds. The van der Waals surface area contributed by atoms with E-state index in [2.05, 4.69) is 0 Å². The van der Waals surface area contributed by atoms with Crippen molar-refractivity contribution < 1.29 is 9.53 Å². The molecule has 1 saturated heterocycles. The molecule has 2 nitrogen and oxygen atoms in total. The van der Waals surface area contributed by atoms with Gasteiger partial charge in [-0.15, -0.1) is 23.2 Å². The van der Waals surface area contributed by atoms with Crippen LogP contribution >= 0.6 is 23.2 Å². The molecule has 1 heterocycles. The van der Waals surface area contributed by atoms with Gasteiger partial charge in [0.2, 0.25) is 0 Å². The van der Waals surface area contributed by atoms with Gasteiger partial charge in [-0.2, -0.15) is 0 Å². The first-order valence-corrected chi connectivity index (χ1v) is 5.23. The van der Waals surface area contributed by atoms with Gasteiger partial charge in [0, 0.05) is 10.8 Å². The first-order valence-electron chi connectivity index (χ1n) is 4.35. The number of rotatable bonds is 0. The third-order valence-corrected chi connectivity index (χ3v) is 2.79. The molecule has 2 atom stereocenters. The molecule has 1 aliphatic heterocycles. The first kappa shape index (κ1) is 11.1. The van der Waals surface area contributed by atoms with Crippen molar-refractivity contribution in [2.75, 3.05) is 6.61 Å². The summed E-state index contributed by atoms with van der Waals surface area (Å²) in [5, 5.41) is -0.621. The van der Waals surface area contributed by atoms with E-state index in [0.717, 1.165) is 6.42 Å². The number of esters is 1. The Morgan fingerprint density at radius 3 is 2.69 bits per heavy atom. The number of cyclic esters (lactones) is 1. The van der Waals surface area contributed by atoms with Crippen LogP contribution in [0.5, 0.6) is 0 Å². The van der Waals surface area contributed by atoms with Gasteiger partial charge in [0.15, 0.2) is 0 Å². The molecule has 4 heteroatoms. The lowest BCUT2D eigenvalue weighted by molar-refractivity contribution is -0.147. The van der Waals surface area contributed by atoms with Crippen LogP contribution in [0, 0.1) is 5.41 Å². The standard InChI is InChI=1S/C9H14Cl2O2/c1-9(2)4-6(10)3-7(11)8(12)13-5-9/h6-7H,3-5H2,1-2H3/t6-,7+/m0/s1. The Bertz CT molecular complexity index is 204. The van der Waals surface area contributed by atoms with E-state index in [1.165, 1.54) is 0 Å². The Hall–Kier alpha value is 0.0500. The lowest BCUT2D eigenvalue weighted by Crippen LogP contribution is -2.33. The smallest absolute Gasteiger partial charge is 0.324 e. The van der Waals surface area contributed by atoms with Crippen LogP contribution in [0.4, 0.5) is 0 Å². The molecule has 1 fully saturated rings. The normalized spacial score (nSPS) is 34.6. The van der Waals surface area contributed by atoms with Gasteiger partial charge in [-0.3, -0.25) is 4.79 Å². The molecule has 0 radical (unpaired) electrons. The number of ether oxygens (including phenoxy) is 1. The van der Waals surface area contributed by atoms with Gasteiger partial charge in [-0.1, -0.05) is 13.8 Å². The third-order valence-electron chi connectivity index (χ3n) is 2.10. The molecule has 0 aromatic heterocycles. The van der Waals surface area contributed by atoms with Crippen molar-refractivity contribution in [1.29, 1.82) is 0 Å². The van der Waals surface area contributed by atoms with Crippen molar-refractivity contribution in [1.82, 2.24) is 0 Å². The van der Waals surface area contributed by atoms with Crippen molar-refractivity contribution in [2.24, 2.45) is 5.41 Å². The molecule has 0 aromatic carbocycles. The van der Waals surface area contributed by atoms with E-state index in [4.69, 9.17) is 27.9 Å². The highest BCUT2D eigenvalue weighted by Crippen LogP contribution is 2.30. The zero-order valence-corrected chi connectivity index (χ0v) is 9.36. The topological polar surface area (TPSA) is 26.3 Å². The largest absolute Gasteiger partial charge is 0.464 e. The molecule has 1 aliphatic rings. The second kappa shape index (κ2) is 4.05. The summed E-state index contributed by atoms with van der Waals surface area (Å²) >= 11 is 11.8. The predicted octanol–water partition coefficient (Wildman–Crippen LogP) is 2.56. The minimum absolute atomic E-state index is 0.0367. The summed E-state index contributed by atoms with van der Waals surface area (Å²) in [4.78, 5) is 11.2. The Balaban J connectivity index is 2.64. The van der Waals surface area contributed by atoms with Crippen LogP contribution in [-0.4, -0.2) is 23.3 Å². The van der Waals surface area contributed by atoms with Crippen molar-refractivity contribution in [3.8, 4) is 0 Å². The molecule has 1 rings (SSSR count). The van der Waals surface area contributed by atoms with Crippen LogP contribution < -0.4 is 0 Å². The molecular formula is C9H14Cl2O2. The van der Waals surface area contributed by atoms with Crippen molar-refractivity contribution in [3.63, 3.8) is 0 Å². The fraction of sp³-hybridized carbons (Fsp3) is 0.889. The second-order valence-electron chi connectivity index (χ2n) is 4.28. The van der Waals surface area contributed by atoms with Gasteiger partial charge in [-0.25, -0.2) is 0 Å².